The van der Waals surface area contributed by atoms with Crippen molar-refractivity contribution >= 4 is 23.4 Å². The normalized spacial score (nSPS) is 9.62. The van der Waals surface area contributed by atoms with Crippen LogP contribution in [0.3, 0.4) is 0 Å². The standard InChI is InChI=1S/C8H10N2O2S/c1-12-8(11)5-13-7-3-2-6(9)4-10-7/h2-4H,5,9H2,1H3. The maximum Gasteiger partial charge on any atom is 0.316 e. The number of methoxy groups -OCH3 is 1. The number of thioether (sulfide) groups is 1. The highest BCUT2D eigenvalue weighted by Crippen LogP contribution is 2.15. The second-order valence-corrected chi connectivity index (χ2v) is 3.29. The van der Waals surface area contributed by atoms with E-state index in [0.717, 1.165) is 5.03 Å². The molecule has 0 aliphatic rings. The third-order valence-electron chi connectivity index (χ3n) is 1.32. The van der Waals surface area contributed by atoms with Gasteiger partial charge in [0.1, 0.15) is 0 Å². The van der Waals surface area contributed by atoms with Gasteiger partial charge in [-0.1, -0.05) is 11.8 Å². The minimum Gasteiger partial charge on any atom is -0.468 e. The monoisotopic (exact) mass is 198 g/mol. The fraction of sp³-hybridized carbons (Fsp3) is 0.250. The number of hydrogen-bond acceptors (Lipinski definition) is 5. The summed E-state index contributed by atoms with van der Waals surface area (Å²) in [5.74, 6) is 0.0107. The topological polar surface area (TPSA) is 65.2 Å². The van der Waals surface area contributed by atoms with Crippen molar-refractivity contribution in [1.29, 1.82) is 0 Å². The van der Waals surface area contributed by atoms with Crippen molar-refractivity contribution in [3.63, 3.8) is 0 Å². The van der Waals surface area contributed by atoms with Crippen LogP contribution in [0.15, 0.2) is 23.4 Å². The highest BCUT2D eigenvalue weighted by atomic mass is 32.2. The van der Waals surface area contributed by atoms with Crippen LogP contribution in [0.2, 0.25) is 0 Å². The van der Waals surface area contributed by atoms with Gasteiger partial charge < -0.3 is 10.5 Å². The first-order valence-electron chi connectivity index (χ1n) is 3.63. The van der Waals surface area contributed by atoms with Crippen LogP contribution >= 0.6 is 11.8 Å². The highest BCUT2D eigenvalue weighted by Gasteiger charge is 2.01. The van der Waals surface area contributed by atoms with Gasteiger partial charge in [0.05, 0.1) is 29.8 Å². The number of rotatable bonds is 3. The Bertz CT molecular complexity index is 287. The molecule has 5 heteroatoms. The van der Waals surface area contributed by atoms with Gasteiger partial charge in [-0.3, -0.25) is 4.79 Å². The van der Waals surface area contributed by atoms with Gasteiger partial charge in [-0.05, 0) is 12.1 Å². The Morgan fingerprint density at radius 1 is 1.69 bits per heavy atom. The molecule has 0 saturated heterocycles. The van der Waals surface area contributed by atoms with E-state index >= 15 is 0 Å². The lowest BCUT2D eigenvalue weighted by atomic mass is 10.4. The molecule has 0 amide bonds. The zero-order valence-corrected chi connectivity index (χ0v) is 8.00. The van der Waals surface area contributed by atoms with E-state index in [4.69, 9.17) is 5.73 Å². The molecule has 0 spiro atoms. The lowest BCUT2D eigenvalue weighted by Crippen LogP contribution is -2.03. The zero-order valence-electron chi connectivity index (χ0n) is 7.19. The molecule has 0 unspecified atom stereocenters. The van der Waals surface area contributed by atoms with Gasteiger partial charge in [0, 0.05) is 0 Å². The predicted octanol–water partition coefficient (Wildman–Crippen LogP) is 0.929. The summed E-state index contributed by atoms with van der Waals surface area (Å²) < 4.78 is 4.48. The number of ether oxygens (including phenoxy) is 1. The molecule has 0 saturated carbocycles. The number of hydrogen-bond donors (Lipinski definition) is 1. The fourth-order valence-electron chi connectivity index (χ4n) is 0.669. The van der Waals surface area contributed by atoms with Crippen LogP contribution in [0.5, 0.6) is 0 Å². The molecule has 1 aromatic heterocycles. The molecule has 1 aromatic rings. The number of nitrogen functional groups attached to an aromatic ring is 1. The Kier molecular flexibility index (Phi) is 3.57. The molecule has 1 heterocycles. The van der Waals surface area contributed by atoms with E-state index in [2.05, 4.69) is 9.72 Å². The summed E-state index contributed by atoms with van der Waals surface area (Å²) in [5.41, 5.74) is 6.06. The maximum atomic E-state index is 10.8. The first kappa shape index (κ1) is 9.85. The van der Waals surface area contributed by atoms with E-state index in [1.54, 1.807) is 18.3 Å². The highest BCUT2D eigenvalue weighted by molar-refractivity contribution is 7.99. The van der Waals surface area contributed by atoms with Crippen molar-refractivity contribution in [3.05, 3.63) is 18.3 Å². The number of anilines is 1. The van der Waals surface area contributed by atoms with Gasteiger partial charge in [-0.15, -0.1) is 0 Å². The van der Waals surface area contributed by atoms with Crippen molar-refractivity contribution in [2.75, 3.05) is 18.6 Å². The summed E-state index contributed by atoms with van der Waals surface area (Å²) in [6, 6.07) is 3.51. The molecule has 4 nitrogen and oxygen atoms in total. The third kappa shape index (κ3) is 3.33. The number of carbonyl (C=O) groups excluding carboxylic acids is 1. The molecule has 0 atom stereocenters. The van der Waals surface area contributed by atoms with Crippen molar-refractivity contribution in [2.24, 2.45) is 0 Å². The lowest BCUT2D eigenvalue weighted by molar-refractivity contribution is -0.137. The summed E-state index contributed by atoms with van der Waals surface area (Å²) in [6.07, 6.45) is 1.56. The second kappa shape index (κ2) is 4.71. The van der Waals surface area contributed by atoms with Crippen molar-refractivity contribution < 1.29 is 9.53 Å². The molecule has 13 heavy (non-hydrogen) atoms. The summed E-state index contributed by atoms with van der Waals surface area (Å²) in [5, 5.41) is 0.764. The third-order valence-corrected chi connectivity index (χ3v) is 2.24. The molecular formula is C8H10N2O2S. The van der Waals surface area contributed by atoms with Crippen LogP contribution in [-0.4, -0.2) is 23.8 Å². The molecule has 0 aliphatic heterocycles. The van der Waals surface area contributed by atoms with Gasteiger partial charge in [-0.25, -0.2) is 4.98 Å². The summed E-state index contributed by atoms with van der Waals surface area (Å²) in [4.78, 5) is 14.8. The minimum absolute atomic E-state index is 0.261. The van der Waals surface area contributed by atoms with Gasteiger partial charge in [0.2, 0.25) is 0 Å². The number of aromatic nitrogens is 1. The van der Waals surface area contributed by atoms with Crippen molar-refractivity contribution in [3.8, 4) is 0 Å². The Morgan fingerprint density at radius 2 is 2.46 bits per heavy atom. The summed E-state index contributed by atoms with van der Waals surface area (Å²) in [7, 11) is 1.36. The summed E-state index contributed by atoms with van der Waals surface area (Å²) >= 11 is 1.32. The van der Waals surface area contributed by atoms with E-state index in [0.29, 0.717) is 5.69 Å². The molecule has 0 bridgehead atoms. The Balaban J connectivity index is 2.46. The van der Waals surface area contributed by atoms with Crippen molar-refractivity contribution in [2.45, 2.75) is 5.03 Å². The quantitative estimate of drug-likeness (QED) is 0.578. The second-order valence-electron chi connectivity index (χ2n) is 2.29. The predicted molar refractivity (Wildman–Crippen MR) is 51.4 cm³/mol. The van der Waals surface area contributed by atoms with Gasteiger partial charge >= 0.3 is 5.97 Å². The fourth-order valence-corrected chi connectivity index (χ4v) is 1.34. The minimum atomic E-state index is -0.261. The average molecular weight is 198 g/mol. The van der Waals surface area contributed by atoms with Gasteiger partial charge in [0.15, 0.2) is 0 Å². The number of carbonyl (C=O) groups is 1. The first-order chi connectivity index (χ1) is 6.22. The van der Waals surface area contributed by atoms with Gasteiger partial charge in [-0.2, -0.15) is 0 Å². The van der Waals surface area contributed by atoms with Crippen LogP contribution < -0.4 is 5.73 Å². The number of nitrogens with zero attached hydrogens (tertiary/aromatic N) is 1. The van der Waals surface area contributed by atoms with Crippen LogP contribution in [0, 0.1) is 0 Å². The molecule has 0 aromatic carbocycles. The lowest BCUT2D eigenvalue weighted by Gasteiger charge is -1.99. The van der Waals surface area contributed by atoms with Crippen LogP contribution in [0.1, 0.15) is 0 Å². The number of esters is 1. The van der Waals surface area contributed by atoms with E-state index < -0.39 is 0 Å². The van der Waals surface area contributed by atoms with Crippen molar-refractivity contribution in [1.82, 2.24) is 4.98 Å². The summed E-state index contributed by atoms with van der Waals surface area (Å²) in [6.45, 7) is 0. The molecule has 0 radical (unpaired) electrons. The van der Waals surface area contributed by atoms with Crippen LogP contribution in [-0.2, 0) is 9.53 Å². The number of pyridine rings is 1. The SMILES string of the molecule is COC(=O)CSc1ccc(N)cn1. The molecule has 0 aliphatic carbocycles. The average Bonchev–Trinajstić information content (AvgIpc) is 2.16. The maximum absolute atomic E-state index is 10.8. The Morgan fingerprint density at radius 3 is 3.00 bits per heavy atom. The van der Waals surface area contributed by atoms with E-state index in [1.165, 1.54) is 18.9 Å². The zero-order chi connectivity index (χ0) is 9.68. The molecule has 2 N–H and O–H groups in total. The molecule has 70 valence electrons. The van der Waals surface area contributed by atoms with Crippen LogP contribution in [0.4, 0.5) is 5.69 Å². The van der Waals surface area contributed by atoms with Gasteiger partial charge in [0.25, 0.3) is 0 Å². The van der Waals surface area contributed by atoms with Crippen LogP contribution in [0.25, 0.3) is 0 Å². The largest absolute Gasteiger partial charge is 0.468 e. The number of nitrogens with two attached hydrogens (primary N) is 1. The molecular weight excluding hydrogens is 188 g/mol. The molecule has 1 rings (SSSR count). The molecule has 0 fully saturated rings. The smallest absolute Gasteiger partial charge is 0.316 e. The van der Waals surface area contributed by atoms with E-state index in [1.807, 2.05) is 0 Å². The van der Waals surface area contributed by atoms with E-state index in [9.17, 15) is 4.79 Å². The van der Waals surface area contributed by atoms with E-state index in [-0.39, 0.29) is 11.7 Å². The first-order valence-corrected chi connectivity index (χ1v) is 4.62. The Hall–Kier alpha value is -1.23. The Labute approximate surface area is 80.5 Å².